The van der Waals surface area contributed by atoms with E-state index in [0.29, 0.717) is 6.54 Å². The van der Waals surface area contributed by atoms with Crippen molar-refractivity contribution < 1.29 is 5.11 Å². The molecule has 3 rings (SSSR count). The van der Waals surface area contributed by atoms with Crippen LogP contribution in [0.4, 0.5) is 5.82 Å². The fraction of sp³-hybridized carbons (Fsp3) is 0.417. The Morgan fingerprint density at radius 3 is 3.06 bits per heavy atom. The van der Waals surface area contributed by atoms with Crippen molar-refractivity contribution in [1.29, 1.82) is 0 Å². The van der Waals surface area contributed by atoms with Gasteiger partial charge in [0, 0.05) is 18.8 Å². The van der Waals surface area contributed by atoms with E-state index in [4.69, 9.17) is 0 Å². The van der Waals surface area contributed by atoms with Crippen LogP contribution in [0.3, 0.4) is 0 Å². The van der Waals surface area contributed by atoms with Crippen molar-refractivity contribution in [2.75, 3.05) is 11.4 Å². The Labute approximate surface area is 105 Å². The fourth-order valence-electron chi connectivity index (χ4n) is 2.24. The zero-order chi connectivity index (χ0) is 12.5. The Morgan fingerprint density at radius 2 is 2.22 bits per heavy atom. The topological polar surface area (TPSA) is 67.1 Å². The third-order valence-electron chi connectivity index (χ3n) is 3.15. The molecule has 0 fully saturated rings. The quantitative estimate of drug-likeness (QED) is 0.834. The molecule has 3 heterocycles. The van der Waals surface area contributed by atoms with Gasteiger partial charge in [-0.05, 0) is 24.6 Å². The number of anilines is 1. The van der Waals surface area contributed by atoms with Crippen LogP contribution in [-0.4, -0.2) is 31.4 Å². The molecule has 1 N–H and O–H groups in total. The van der Waals surface area contributed by atoms with Crippen LogP contribution in [0.2, 0.25) is 0 Å². The van der Waals surface area contributed by atoms with Gasteiger partial charge in [0.2, 0.25) is 0 Å². The lowest BCUT2D eigenvalue weighted by Gasteiger charge is -2.28. The van der Waals surface area contributed by atoms with Crippen molar-refractivity contribution in [3.63, 3.8) is 0 Å². The van der Waals surface area contributed by atoms with Crippen molar-refractivity contribution in [3.05, 3.63) is 35.5 Å². The molecule has 1 aliphatic rings. The second-order valence-corrected chi connectivity index (χ2v) is 4.50. The Morgan fingerprint density at radius 1 is 1.33 bits per heavy atom. The summed E-state index contributed by atoms with van der Waals surface area (Å²) in [6.45, 7) is 4.44. The summed E-state index contributed by atoms with van der Waals surface area (Å²) < 4.78 is 2.05. The number of aromatic nitrogens is 4. The number of pyridine rings is 1. The van der Waals surface area contributed by atoms with Crippen molar-refractivity contribution >= 4 is 5.82 Å². The van der Waals surface area contributed by atoms with Crippen molar-refractivity contribution in [2.24, 2.45) is 0 Å². The SMILES string of the molecule is Cc1cc(CO)cc(N2CCn3cnnc3C2)n1. The molecule has 2 aromatic rings. The van der Waals surface area contributed by atoms with E-state index in [1.165, 1.54) is 0 Å². The monoisotopic (exact) mass is 245 g/mol. The molecule has 0 spiro atoms. The molecule has 94 valence electrons. The number of hydrogen-bond acceptors (Lipinski definition) is 5. The second kappa shape index (κ2) is 4.38. The summed E-state index contributed by atoms with van der Waals surface area (Å²) in [5.41, 5.74) is 1.81. The van der Waals surface area contributed by atoms with Gasteiger partial charge < -0.3 is 14.6 Å². The average molecular weight is 245 g/mol. The van der Waals surface area contributed by atoms with E-state index in [2.05, 4.69) is 24.6 Å². The molecule has 0 atom stereocenters. The Kier molecular flexibility index (Phi) is 2.71. The van der Waals surface area contributed by atoms with E-state index >= 15 is 0 Å². The van der Waals surface area contributed by atoms with Crippen LogP contribution in [0.1, 0.15) is 17.1 Å². The zero-order valence-electron chi connectivity index (χ0n) is 10.2. The number of rotatable bonds is 2. The summed E-state index contributed by atoms with van der Waals surface area (Å²) in [6.07, 6.45) is 1.76. The highest BCUT2D eigenvalue weighted by atomic mass is 16.3. The predicted octanol–water partition coefficient (Wildman–Crippen LogP) is 0.494. The second-order valence-electron chi connectivity index (χ2n) is 4.50. The summed E-state index contributed by atoms with van der Waals surface area (Å²) in [5, 5.41) is 17.2. The van der Waals surface area contributed by atoms with Crippen LogP contribution in [0.15, 0.2) is 18.5 Å². The first-order chi connectivity index (χ1) is 8.76. The van der Waals surface area contributed by atoms with Crippen molar-refractivity contribution in [2.45, 2.75) is 26.6 Å². The van der Waals surface area contributed by atoms with Crippen LogP contribution in [0.25, 0.3) is 0 Å². The van der Waals surface area contributed by atoms with Gasteiger partial charge in [-0.1, -0.05) is 0 Å². The maximum absolute atomic E-state index is 9.24. The summed E-state index contributed by atoms with van der Waals surface area (Å²) in [4.78, 5) is 6.68. The molecule has 0 saturated carbocycles. The lowest BCUT2D eigenvalue weighted by molar-refractivity contribution is 0.281. The van der Waals surface area contributed by atoms with Gasteiger partial charge in [-0.15, -0.1) is 10.2 Å². The smallest absolute Gasteiger partial charge is 0.152 e. The minimum atomic E-state index is 0.0420. The molecular formula is C12H15N5O. The molecule has 6 heteroatoms. The van der Waals surface area contributed by atoms with Gasteiger partial charge in [-0.3, -0.25) is 0 Å². The Hall–Kier alpha value is -1.95. The highest BCUT2D eigenvalue weighted by Crippen LogP contribution is 2.19. The Balaban J connectivity index is 1.90. The molecule has 0 saturated heterocycles. The van der Waals surface area contributed by atoms with Crippen LogP contribution in [0, 0.1) is 6.92 Å². The molecule has 0 radical (unpaired) electrons. The van der Waals surface area contributed by atoms with Crippen LogP contribution >= 0.6 is 0 Å². The number of fused-ring (bicyclic) bond motifs is 1. The minimum absolute atomic E-state index is 0.0420. The maximum Gasteiger partial charge on any atom is 0.152 e. The van der Waals surface area contributed by atoms with Crippen LogP contribution in [0.5, 0.6) is 0 Å². The van der Waals surface area contributed by atoms with E-state index in [-0.39, 0.29) is 6.61 Å². The molecular weight excluding hydrogens is 230 g/mol. The number of hydrogen-bond donors (Lipinski definition) is 1. The molecule has 0 aliphatic carbocycles. The number of aliphatic hydroxyl groups excluding tert-OH is 1. The molecule has 0 aromatic carbocycles. The normalized spacial score (nSPS) is 14.7. The number of aliphatic hydroxyl groups is 1. The van der Waals surface area contributed by atoms with Gasteiger partial charge in [-0.2, -0.15) is 0 Å². The third-order valence-corrected chi connectivity index (χ3v) is 3.15. The first kappa shape index (κ1) is 11.2. The summed E-state index contributed by atoms with van der Waals surface area (Å²) >= 11 is 0. The predicted molar refractivity (Wildman–Crippen MR) is 66.0 cm³/mol. The fourth-order valence-corrected chi connectivity index (χ4v) is 2.24. The first-order valence-corrected chi connectivity index (χ1v) is 5.96. The van der Waals surface area contributed by atoms with Crippen LogP contribution < -0.4 is 4.90 Å². The van der Waals surface area contributed by atoms with Crippen LogP contribution in [-0.2, 0) is 19.7 Å². The third kappa shape index (κ3) is 1.95. The summed E-state index contributed by atoms with van der Waals surface area (Å²) in [7, 11) is 0. The zero-order valence-corrected chi connectivity index (χ0v) is 10.2. The highest BCUT2D eigenvalue weighted by Gasteiger charge is 2.19. The first-order valence-electron chi connectivity index (χ1n) is 5.96. The van der Waals surface area contributed by atoms with Gasteiger partial charge in [0.25, 0.3) is 0 Å². The van der Waals surface area contributed by atoms with Gasteiger partial charge in [0.1, 0.15) is 12.1 Å². The Bertz CT molecular complexity index is 565. The largest absolute Gasteiger partial charge is 0.392 e. The minimum Gasteiger partial charge on any atom is -0.392 e. The van der Waals surface area contributed by atoms with Gasteiger partial charge in [-0.25, -0.2) is 4.98 Å². The summed E-state index contributed by atoms with van der Waals surface area (Å²) in [6, 6.07) is 3.83. The van der Waals surface area contributed by atoms with E-state index < -0.39 is 0 Å². The lowest BCUT2D eigenvalue weighted by atomic mass is 10.2. The molecule has 0 bridgehead atoms. The molecule has 18 heavy (non-hydrogen) atoms. The van der Waals surface area contributed by atoms with Gasteiger partial charge >= 0.3 is 0 Å². The van der Waals surface area contributed by atoms with Crippen molar-refractivity contribution in [3.8, 4) is 0 Å². The molecule has 1 aliphatic heterocycles. The molecule has 0 unspecified atom stereocenters. The maximum atomic E-state index is 9.24. The molecule has 0 amide bonds. The van der Waals surface area contributed by atoms with E-state index in [1.54, 1.807) is 6.33 Å². The van der Waals surface area contributed by atoms with E-state index in [1.807, 2.05) is 19.1 Å². The van der Waals surface area contributed by atoms with Gasteiger partial charge in [0.05, 0.1) is 13.2 Å². The lowest BCUT2D eigenvalue weighted by Crippen LogP contribution is -2.34. The standard InChI is InChI=1S/C12H15N5O/c1-9-4-10(7-18)5-11(14-9)16-2-3-17-8-13-15-12(17)6-16/h4-5,8,18H,2-3,6-7H2,1H3. The highest BCUT2D eigenvalue weighted by molar-refractivity contribution is 5.43. The average Bonchev–Trinajstić information content (AvgIpc) is 2.85. The van der Waals surface area contributed by atoms with E-state index in [9.17, 15) is 5.11 Å². The van der Waals surface area contributed by atoms with Gasteiger partial charge in [0.15, 0.2) is 5.82 Å². The summed E-state index contributed by atoms with van der Waals surface area (Å²) in [5.74, 6) is 1.85. The molecule has 6 nitrogen and oxygen atoms in total. The van der Waals surface area contributed by atoms with Crippen molar-refractivity contribution in [1.82, 2.24) is 19.7 Å². The number of nitrogens with zero attached hydrogens (tertiary/aromatic N) is 5. The number of aryl methyl sites for hydroxylation is 1. The molecule has 2 aromatic heterocycles. The van der Waals surface area contributed by atoms with E-state index in [0.717, 1.165) is 36.0 Å².